The van der Waals surface area contributed by atoms with E-state index in [-0.39, 0.29) is 16.7 Å². The smallest absolute Gasteiger partial charge is 0.307 e. The van der Waals surface area contributed by atoms with Crippen LogP contribution in [0.4, 0.5) is 0 Å². The number of amides is 1. The van der Waals surface area contributed by atoms with Crippen molar-refractivity contribution in [2.45, 2.75) is 32.7 Å². The molecular weight excluding hydrogens is 342 g/mol. The summed E-state index contributed by atoms with van der Waals surface area (Å²) in [7, 11) is 0. The minimum absolute atomic E-state index is 0.0110. The van der Waals surface area contributed by atoms with Crippen LogP contribution in [-0.2, 0) is 11.3 Å². The number of aromatic nitrogens is 2. The Morgan fingerprint density at radius 1 is 1.38 bits per heavy atom. The molecule has 0 bridgehead atoms. The van der Waals surface area contributed by atoms with Gasteiger partial charge in [-0.3, -0.25) is 9.59 Å². The van der Waals surface area contributed by atoms with E-state index in [1.165, 1.54) is 11.3 Å². The number of nitrogens with one attached hydrogen (secondary N) is 1. The van der Waals surface area contributed by atoms with Crippen LogP contribution in [0.3, 0.4) is 0 Å². The SMILES string of the molecule is Cc1csc(=O)n1CCC(=O)NCC(C)c1nc2ccccc2s1. The maximum Gasteiger partial charge on any atom is 0.307 e. The summed E-state index contributed by atoms with van der Waals surface area (Å²) < 4.78 is 2.80. The van der Waals surface area contributed by atoms with Crippen molar-refractivity contribution in [3.05, 3.63) is 50.0 Å². The van der Waals surface area contributed by atoms with Crippen LogP contribution in [0.5, 0.6) is 0 Å². The Kier molecular flexibility index (Phi) is 5.11. The van der Waals surface area contributed by atoms with Gasteiger partial charge in [0, 0.05) is 36.5 Å². The number of carbonyl (C=O) groups excluding carboxylic acids is 1. The summed E-state index contributed by atoms with van der Waals surface area (Å²) in [6.45, 7) is 4.92. The molecular formula is C17H19N3O2S2. The first kappa shape index (κ1) is 16.9. The number of thiazole rings is 2. The highest BCUT2D eigenvalue weighted by Gasteiger charge is 2.13. The molecule has 1 N–H and O–H groups in total. The fourth-order valence-corrected chi connectivity index (χ4v) is 4.21. The van der Waals surface area contributed by atoms with Crippen LogP contribution in [0, 0.1) is 6.92 Å². The molecule has 0 fully saturated rings. The van der Waals surface area contributed by atoms with Gasteiger partial charge in [-0.15, -0.1) is 11.3 Å². The monoisotopic (exact) mass is 361 g/mol. The van der Waals surface area contributed by atoms with Crippen molar-refractivity contribution in [1.82, 2.24) is 14.9 Å². The number of aryl methyl sites for hydroxylation is 1. The van der Waals surface area contributed by atoms with Crippen LogP contribution >= 0.6 is 22.7 Å². The number of benzene rings is 1. The lowest BCUT2D eigenvalue weighted by molar-refractivity contribution is -0.121. The molecule has 2 heterocycles. The first-order valence-corrected chi connectivity index (χ1v) is 9.51. The molecule has 0 aliphatic rings. The number of para-hydroxylation sites is 1. The van der Waals surface area contributed by atoms with Crippen molar-refractivity contribution < 1.29 is 4.79 Å². The summed E-state index contributed by atoms with van der Waals surface area (Å²) in [5.74, 6) is 0.123. The number of fused-ring (bicyclic) bond motifs is 1. The van der Waals surface area contributed by atoms with E-state index < -0.39 is 0 Å². The van der Waals surface area contributed by atoms with Crippen molar-refractivity contribution in [1.29, 1.82) is 0 Å². The van der Waals surface area contributed by atoms with Gasteiger partial charge >= 0.3 is 4.87 Å². The lowest BCUT2D eigenvalue weighted by atomic mass is 10.2. The van der Waals surface area contributed by atoms with Gasteiger partial charge in [0.15, 0.2) is 0 Å². The van der Waals surface area contributed by atoms with Crippen molar-refractivity contribution in [3.63, 3.8) is 0 Å². The second-order valence-corrected chi connectivity index (χ2v) is 7.65. The molecule has 5 nitrogen and oxygen atoms in total. The van der Waals surface area contributed by atoms with Crippen LogP contribution in [0.25, 0.3) is 10.2 Å². The Morgan fingerprint density at radius 3 is 2.88 bits per heavy atom. The molecule has 0 saturated carbocycles. The summed E-state index contributed by atoms with van der Waals surface area (Å²) in [5, 5.41) is 5.79. The van der Waals surface area contributed by atoms with E-state index in [4.69, 9.17) is 0 Å². The van der Waals surface area contributed by atoms with Crippen LogP contribution in [-0.4, -0.2) is 22.0 Å². The van der Waals surface area contributed by atoms with Crippen molar-refractivity contribution in [2.24, 2.45) is 0 Å². The molecule has 126 valence electrons. The second-order valence-electron chi connectivity index (χ2n) is 5.77. The third-order valence-electron chi connectivity index (χ3n) is 3.88. The molecule has 24 heavy (non-hydrogen) atoms. The Hall–Kier alpha value is -1.99. The van der Waals surface area contributed by atoms with E-state index in [1.54, 1.807) is 15.9 Å². The number of nitrogens with zero attached hydrogens (tertiary/aromatic N) is 2. The molecule has 2 aromatic heterocycles. The maximum absolute atomic E-state index is 12.0. The maximum atomic E-state index is 12.0. The van der Waals surface area contributed by atoms with Gasteiger partial charge in [0.2, 0.25) is 5.91 Å². The highest BCUT2D eigenvalue weighted by atomic mass is 32.1. The average Bonchev–Trinajstić information content (AvgIpc) is 3.14. The topological polar surface area (TPSA) is 64.0 Å². The van der Waals surface area contributed by atoms with Crippen molar-refractivity contribution in [3.8, 4) is 0 Å². The largest absolute Gasteiger partial charge is 0.355 e. The quantitative estimate of drug-likeness (QED) is 0.734. The summed E-state index contributed by atoms with van der Waals surface area (Å²) in [5.41, 5.74) is 1.91. The van der Waals surface area contributed by atoms with Crippen molar-refractivity contribution >= 4 is 38.8 Å². The predicted molar refractivity (Wildman–Crippen MR) is 99.0 cm³/mol. The van der Waals surface area contributed by atoms with Crippen LogP contribution in [0.2, 0.25) is 0 Å². The minimum Gasteiger partial charge on any atom is -0.355 e. The standard InChI is InChI=1S/C17H19N3O2S2/c1-11(16-19-13-5-3-4-6-14(13)24-16)9-18-15(21)7-8-20-12(2)10-23-17(20)22/h3-6,10-11H,7-9H2,1-2H3,(H,18,21). The summed E-state index contributed by atoms with van der Waals surface area (Å²) in [6.07, 6.45) is 0.310. The number of rotatable bonds is 6. The minimum atomic E-state index is -0.0412. The summed E-state index contributed by atoms with van der Waals surface area (Å²) in [4.78, 5) is 28.3. The van der Waals surface area contributed by atoms with E-state index in [2.05, 4.69) is 23.3 Å². The molecule has 0 radical (unpaired) electrons. The molecule has 1 unspecified atom stereocenters. The van der Waals surface area contributed by atoms with Gasteiger partial charge in [0.25, 0.3) is 0 Å². The van der Waals surface area contributed by atoms with Gasteiger partial charge in [-0.2, -0.15) is 0 Å². The first-order chi connectivity index (χ1) is 11.5. The molecule has 7 heteroatoms. The molecule has 0 spiro atoms. The lowest BCUT2D eigenvalue weighted by Gasteiger charge is -2.10. The molecule has 1 atom stereocenters. The Balaban J connectivity index is 1.53. The highest BCUT2D eigenvalue weighted by molar-refractivity contribution is 7.18. The molecule has 0 saturated heterocycles. The second kappa shape index (κ2) is 7.27. The Bertz CT molecular complexity index is 877. The number of hydrogen-bond donors (Lipinski definition) is 1. The fraction of sp³-hybridized carbons (Fsp3) is 0.353. The third-order valence-corrected chi connectivity index (χ3v) is 6.03. The van der Waals surface area contributed by atoms with E-state index >= 15 is 0 Å². The molecule has 1 aromatic carbocycles. The third kappa shape index (κ3) is 3.73. The van der Waals surface area contributed by atoms with E-state index in [0.717, 1.165) is 20.9 Å². The molecule has 3 rings (SSSR count). The van der Waals surface area contributed by atoms with Gasteiger partial charge in [-0.05, 0) is 19.1 Å². The van der Waals surface area contributed by atoms with Gasteiger partial charge < -0.3 is 9.88 Å². The first-order valence-electron chi connectivity index (χ1n) is 7.81. The van der Waals surface area contributed by atoms with E-state index in [1.807, 2.05) is 30.5 Å². The van der Waals surface area contributed by atoms with Crippen LogP contribution in [0.15, 0.2) is 34.4 Å². The summed E-state index contributed by atoms with van der Waals surface area (Å²) >= 11 is 2.83. The normalized spacial score (nSPS) is 12.4. The highest BCUT2D eigenvalue weighted by Crippen LogP contribution is 2.26. The van der Waals surface area contributed by atoms with Crippen LogP contribution < -0.4 is 10.2 Å². The van der Waals surface area contributed by atoms with Gasteiger partial charge in [0.05, 0.1) is 15.2 Å². The fourth-order valence-electron chi connectivity index (χ4n) is 2.43. The van der Waals surface area contributed by atoms with Crippen molar-refractivity contribution in [2.75, 3.05) is 6.54 Å². The van der Waals surface area contributed by atoms with E-state index in [0.29, 0.717) is 19.5 Å². The zero-order valence-corrected chi connectivity index (χ0v) is 15.2. The molecule has 3 aromatic rings. The average molecular weight is 361 g/mol. The molecule has 0 aliphatic carbocycles. The Morgan fingerprint density at radius 2 is 2.17 bits per heavy atom. The van der Waals surface area contributed by atoms with E-state index in [9.17, 15) is 9.59 Å². The zero-order valence-electron chi connectivity index (χ0n) is 13.6. The summed E-state index contributed by atoms with van der Waals surface area (Å²) in [6, 6.07) is 8.04. The Labute approximate surface area is 148 Å². The number of carbonyl (C=O) groups is 1. The number of hydrogen-bond acceptors (Lipinski definition) is 5. The predicted octanol–water partition coefficient (Wildman–Crippen LogP) is 3.14. The van der Waals surface area contributed by atoms with Crippen LogP contribution in [0.1, 0.15) is 30.0 Å². The molecule has 0 aliphatic heterocycles. The molecule has 1 amide bonds. The van der Waals surface area contributed by atoms with Gasteiger partial charge in [-0.1, -0.05) is 30.4 Å². The van der Waals surface area contributed by atoms with Gasteiger partial charge in [0.1, 0.15) is 0 Å². The lowest BCUT2D eigenvalue weighted by Crippen LogP contribution is -2.29. The van der Waals surface area contributed by atoms with Gasteiger partial charge in [-0.25, -0.2) is 4.98 Å². The zero-order chi connectivity index (χ0) is 17.1.